The number of amides is 1. The third-order valence-corrected chi connectivity index (χ3v) is 7.50. The molecule has 2 aromatic rings. The zero-order chi connectivity index (χ0) is 23.1. The highest BCUT2D eigenvalue weighted by Gasteiger charge is 2.28. The van der Waals surface area contributed by atoms with Crippen LogP contribution in [0.3, 0.4) is 0 Å². The highest BCUT2D eigenvalue weighted by Crippen LogP contribution is 2.28. The third-order valence-electron chi connectivity index (χ3n) is 5.12. The van der Waals surface area contributed by atoms with Crippen molar-refractivity contribution in [2.45, 2.75) is 37.1 Å². The number of nitrogens with zero attached hydrogens (tertiary/aromatic N) is 1. The molecule has 3 rings (SSSR count). The van der Waals surface area contributed by atoms with Crippen LogP contribution in [0.25, 0.3) is 0 Å². The zero-order valence-electron chi connectivity index (χ0n) is 17.4. The minimum Gasteiger partial charge on any atom is -0.452 e. The van der Waals surface area contributed by atoms with Gasteiger partial charge < -0.3 is 10.1 Å². The summed E-state index contributed by atoms with van der Waals surface area (Å²) in [4.78, 5) is 24.2. The van der Waals surface area contributed by atoms with Crippen LogP contribution < -0.4 is 5.32 Å². The Hall–Kier alpha value is -2.49. The molecule has 1 heterocycles. The first-order valence-electron chi connectivity index (χ1n) is 10.3. The third kappa shape index (κ3) is 6.05. The van der Waals surface area contributed by atoms with E-state index >= 15 is 0 Å². The molecular weight excluding hydrogens is 459 g/mol. The van der Waals surface area contributed by atoms with Crippen molar-refractivity contribution in [3.63, 3.8) is 0 Å². The number of esters is 1. The maximum Gasteiger partial charge on any atom is 0.338 e. The Labute approximate surface area is 191 Å². The van der Waals surface area contributed by atoms with Gasteiger partial charge in [-0.05, 0) is 37.1 Å². The van der Waals surface area contributed by atoms with Gasteiger partial charge in [-0.2, -0.15) is 4.31 Å². The fraction of sp³-hybridized carbons (Fsp3) is 0.364. The second-order valence-electron chi connectivity index (χ2n) is 7.41. The van der Waals surface area contributed by atoms with Crippen molar-refractivity contribution in [1.29, 1.82) is 0 Å². The molecule has 1 N–H and O–H groups in total. The van der Waals surface area contributed by atoms with Gasteiger partial charge in [-0.3, -0.25) is 4.79 Å². The van der Waals surface area contributed by atoms with E-state index in [0.717, 1.165) is 25.7 Å². The zero-order valence-corrected chi connectivity index (χ0v) is 18.9. The second-order valence-corrected chi connectivity index (χ2v) is 9.72. The predicted molar refractivity (Wildman–Crippen MR) is 117 cm³/mol. The van der Waals surface area contributed by atoms with Crippen LogP contribution in [0, 0.1) is 5.82 Å². The summed E-state index contributed by atoms with van der Waals surface area (Å²) in [7, 11) is -3.87. The van der Waals surface area contributed by atoms with E-state index in [-0.39, 0.29) is 22.0 Å². The molecule has 0 aliphatic carbocycles. The monoisotopic (exact) mass is 482 g/mol. The average Bonchev–Trinajstić information content (AvgIpc) is 3.07. The summed E-state index contributed by atoms with van der Waals surface area (Å²) in [5.74, 6) is -1.94. The second kappa shape index (κ2) is 10.9. The van der Waals surface area contributed by atoms with Crippen molar-refractivity contribution < 1.29 is 27.1 Å². The highest BCUT2D eigenvalue weighted by atomic mass is 35.5. The largest absolute Gasteiger partial charge is 0.452 e. The number of hydrogen-bond acceptors (Lipinski definition) is 5. The summed E-state index contributed by atoms with van der Waals surface area (Å²) < 4.78 is 46.1. The molecule has 0 atom stereocenters. The Kier molecular flexibility index (Phi) is 8.22. The molecule has 1 aliphatic heterocycles. The van der Waals surface area contributed by atoms with E-state index in [2.05, 4.69) is 5.32 Å². The molecule has 0 aromatic heterocycles. The molecule has 0 spiro atoms. The SMILES string of the molecule is O=C(COC(=O)c1ccc(Cl)c(S(=O)(=O)N2CCCCCC2)c1)NCc1ccccc1F. The Morgan fingerprint density at radius 2 is 1.75 bits per heavy atom. The standard InChI is InChI=1S/C22H24ClFN2O5S/c23-18-10-9-16(13-20(18)32(29,30)26-11-5-1-2-6-12-26)22(28)31-15-21(27)25-14-17-7-3-4-8-19(17)24/h3-4,7-10,13H,1-2,5-6,11-12,14-15H2,(H,25,27). The van der Waals surface area contributed by atoms with E-state index in [4.69, 9.17) is 16.3 Å². The lowest BCUT2D eigenvalue weighted by molar-refractivity contribution is -0.124. The van der Waals surface area contributed by atoms with Crippen molar-refractivity contribution in [3.05, 3.63) is 64.4 Å². The van der Waals surface area contributed by atoms with E-state index in [1.165, 1.54) is 40.7 Å². The fourth-order valence-electron chi connectivity index (χ4n) is 3.35. The molecule has 32 heavy (non-hydrogen) atoms. The number of carbonyl (C=O) groups excluding carboxylic acids is 2. The van der Waals surface area contributed by atoms with E-state index in [1.807, 2.05) is 0 Å². The summed E-state index contributed by atoms with van der Waals surface area (Å²) >= 11 is 6.13. The van der Waals surface area contributed by atoms with Crippen LogP contribution in [-0.4, -0.2) is 44.3 Å². The lowest BCUT2D eigenvalue weighted by atomic mass is 10.2. The average molecular weight is 483 g/mol. The van der Waals surface area contributed by atoms with Crippen LogP contribution in [0.15, 0.2) is 47.4 Å². The number of ether oxygens (including phenoxy) is 1. The van der Waals surface area contributed by atoms with Crippen LogP contribution in [0.1, 0.15) is 41.6 Å². The number of carbonyl (C=O) groups is 2. The van der Waals surface area contributed by atoms with Gasteiger partial charge in [0.15, 0.2) is 6.61 Å². The summed E-state index contributed by atoms with van der Waals surface area (Å²) in [6, 6.07) is 9.81. The fourth-order valence-corrected chi connectivity index (χ4v) is 5.37. The van der Waals surface area contributed by atoms with Crippen molar-refractivity contribution in [1.82, 2.24) is 9.62 Å². The van der Waals surface area contributed by atoms with Gasteiger partial charge in [0, 0.05) is 25.2 Å². The minimum absolute atomic E-state index is 0.00780. The molecule has 0 unspecified atom stereocenters. The summed E-state index contributed by atoms with van der Waals surface area (Å²) in [6.07, 6.45) is 3.46. The molecule has 0 bridgehead atoms. The van der Waals surface area contributed by atoms with E-state index in [1.54, 1.807) is 6.07 Å². The van der Waals surface area contributed by atoms with Crippen LogP contribution in [0.5, 0.6) is 0 Å². The quantitative estimate of drug-likeness (QED) is 0.609. The van der Waals surface area contributed by atoms with Gasteiger partial charge in [-0.15, -0.1) is 0 Å². The Balaban J connectivity index is 1.63. The molecule has 0 saturated carbocycles. The van der Waals surface area contributed by atoms with Gasteiger partial charge in [0.25, 0.3) is 5.91 Å². The van der Waals surface area contributed by atoms with Crippen molar-refractivity contribution >= 4 is 33.5 Å². The first-order valence-corrected chi connectivity index (χ1v) is 12.1. The molecular formula is C22H24ClFN2O5S. The van der Waals surface area contributed by atoms with Gasteiger partial charge in [-0.25, -0.2) is 17.6 Å². The van der Waals surface area contributed by atoms with Crippen LogP contribution in [0.2, 0.25) is 5.02 Å². The van der Waals surface area contributed by atoms with E-state index < -0.39 is 34.3 Å². The Morgan fingerprint density at radius 1 is 1.06 bits per heavy atom. The topological polar surface area (TPSA) is 92.8 Å². The Bertz CT molecular complexity index is 1090. The first kappa shape index (κ1) is 24.2. The number of rotatable bonds is 7. The summed E-state index contributed by atoms with van der Waals surface area (Å²) in [5.41, 5.74) is 0.262. The number of hydrogen-bond donors (Lipinski definition) is 1. The summed E-state index contributed by atoms with van der Waals surface area (Å²) in [6.45, 7) is 0.150. The van der Waals surface area contributed by atoms with Crippen molar-refractivity contribution in [2.24, 2.45) is 0 Å². The van der Waals surface area contributed by atoms with Crippen LogP contribution >= 0.6 is 11.6 Å². The number of nitrogens with one attached hydrogen (secondary N) is 1. The molecule has 1 fully saturated rings. The number of benzene rings is 2. The van der Waals surface area contributed by atoms with Crippen LogP contribution in [0.4, 0.5) is 4.39 Å². The van der Waals surface area contributed by atoms with Crippen molar-refractivity contribution in [3.8, 4) is 0 Å². The molecule has 10 heteroatoms. The lowest BCUT2D eigenvalue weighted by Gasteiger charge is -2.21. The Morgan fingerprint density at radius 3 is 2.44 bits per heavy atom. The molecule has 0 radical (unpaired) electrons. The highest BCUT2D eigenvalue weighted by molar-refractivity contribution is 7.89. The van der Waals surface area contributed by atoms with E-state index in [9.17, 15) is 22.4 Å². The van der Waals surface area contributed by atoms with Gasteiger partial charge >= 0.3 is 5.97 Å². The molecule has 1 saturated heterocycles. The van der Waals surface area contributed by atoms with Gasteiger partial charge in [-0.1, -0.05) is 42.6 Å². The molecule has 172 valence electrons. The van der Waals surface area contributed by atoms with Crippen LogP contribution in [-0.2, 0) is 26.1 Å². The summed E-state index contributed by atoms with van der Waals surface area (Å²) in [5, 5.41) is 2.47. The van der Waals surface area contributed by atoms with Gasteiger partial charge in [0.05, 0.1) is 10.6 Å². The normalized spacial score (nSPS) is 15.1. The number of sulfonamides is 1. The first-order chi connectivity index (χ1) is 15.3. The van der Waals surface area contributed by atoms with Gasteiger partial charge in [0.1, 0.15) is 10.7 Å². The minimum atomic E-state index is -3.87. The predicted octanol–water partition coefficient (Wildman–Crippen LogP) is 3.52. The van der Waals surface area contributed by atoms with Gasteiger partial charge in [0.2, 0.25) is 10.0 Å². The maximum atomic E-state index is 13.6. The smallest absolute Gasteiger partial charge is 0.338 e. The molecule has 1 amide bonds. The number of halogens is 2. The molecule has 7 nitrogen and oxygen atoms in total. The lowest BCUT2D eigenvalue weighted by Crippen LogP contribution is -2.32. The molecule has 2 aromatic carbocycles. The van der Waals surface area contributed by atoms with Crippen molar-refractivity contribution in [2.75, 3.05) is 19.7 Å². The van der Waals surface area contributed by atoms with E-state index in [0.29, 0.717) is 18.7 Å². The maximum absolute atomic E-state index is 13.6. The molecule has 1 aliphatic rings.